The SMILES string of the molecule is Cc1ccccc1NC(=O)N1CCCC(CN2CCCCC2C)C1. The number of nitrogens with one attached hydrogen (secondary N) is 1. The Labute approximate surface area is 146 Å². The number of rotatable bonds is 3. The van der Waals surface area contributed by atoms with E-state index in [0.29, 0.717) is 12.0 Å². The third-order valence-electron chi connectivity index (χ3n) is 5.63. The molecule has 4 heteroatoms. The number of hydrogen-bond acceptors (Lipinski definition) is 2. The van der Waals surface area contributed by atoms with Crippen LogP contribution in [0.4, 0.5) is 10.5 Å². The van der Waals surface area contributed by atoms with Gasteiger partial charge in [-0.15, -0.1) is 0 Å². The van der Waals surface area contributed by atoms with Crippen LogP contribution in [-0.4, -0.2) is 48.1 Å². The van der Waals surface area contributed by atoms with E-state index >= 15 is 0 Å². The van der Waals surface area contributed by atoms with Gasteiger partial charge in [-0.1, -0.05) is 24.6 Å². The summed E-state index contributed by atoms with van der Waals surface area (Å²) in [7, 11) is 0. The summed E-state index contributed by atoms with van der Waals surface area (Å²) in [6.45, 7) is 8.53. The Morgan fingerprint density at radius 3 is 2.79 bits per heavy atom. The minimum atomic E-state index is 0.0562. The zero-order chi connectivity index (χ0) is 16.9. The number of piperidine rings is 2. The number of para-hydroxylation sites is 1. The number of urea groups is 1. The molecule has 132 valence electrons. The molecule has 2 aliphatic heterocycles. The summed E-state index contributed by atoms with van der Waals surface area (Å²) in [6.07, 6.45) is 6.39. The van der Waals surface area contributed by atoms with Crippen LogP contribution in [0.3, 0.4) is 0 Å². The predicted molar refractivity (Wildman–Crippen MR) is 99.4 cm³/mol. The molecule has 0 bridgehead atoms. The molecule has 1 N–H and O–H groups in total. The summed E-state index contributed by atoms with van der Waals surface area (Å²) in [6, 6.07) is 8.74. The number of carbonyl (C=O) groups is 1. The van der Waals surface area contributed by atoms with Gasteiger partial charge in [0.05, 0.1) is 0 Å². The number of hydrogen-bond donors (Lipinski definition) is 1. The minimum absolute atomic E-state index is 0.0562. The van der Waals surface area contributed by atoms with E-state index in [9.17, 15) is 4.79 Å². The van der Waals surface area contributed by atoms with Gasteiger partial charge in [-0.25, -0.2) is 4.79 Å². The van der Waals surface area contributed by atoms with Crippen LogP contribution in [0.1, 0.15) is 44.6 Å². The molecule has 2 unspecified atom stereocenters. The largest absolute Gasteiger partial charge is 0.324 e. The van der Waals surface area contributed by atoms with Crippen molar-refractivity contribution in [3.05, 3.63) is 29.8 Å². The van der Waals surface area contributed by atoms with Crippen molar-refractivity contribution in [2.75, 3.05) is 31.5 Å². The molecule has 1 aromatic carbocycles. The topological polar surface area (TPSA) is 35.6 Å². The van der Waals surface area contributed by atoms with E-state index in [1.165, 1.54) is 32.2 Å². The maximum atomic E-state index is 12.6. The molecule has 3 rings (SSSR count). The van der Waals surface area contributed by atoms with Crippen LogP contribution < -0.4 is 5.32 Å². The number of likely N-dealkylation sites (tertiary alicyclic amines) is 2. The lowest BCUT2D eigenvalue weighted by Gasteiger charge is -2.39. The van der Waals surface area contributed by atoms with Crippen LogP contribution in [0.15, 0.2) is 24.3 Å². The summed E-state index contributed by atoms with van der Waals surface area (Å²) < 4.78 is 0. The fourth-order valence-corrected chi connectivity index (χ4v) is 4.07. The highest BCUT2D eigenvalue weighted by Gasteiger charge is 2.27. The van der Waals surface area contributed by atoms with Gasteiger partial charge in [0.25, 0.3) is 0 Å². The quantitative estimate of drug-likeness (QED) is 0.905. The van der Waals surface area contributed by atoms with Gasteiger partial charge in [-0.3, -0.25) is 0 Å². The highest BCUT2D eigenvalue weighted by atomic mass is 16.2. The van der Waals surface area contributed by atoms with E-state index in [-0.39, 0.29) is 6.03 Å². The van der Waals surface area contributed by atoms with Crippen molar-refractivity contribution in [2.24, 2.45) is 5.92 Å². The summed E-state index contributed by atoms with van der Waals surface area (Å²) in [5, 5.41) is 3.09. The van der Waals surface area contributed by atoms with Crippen LogP contribution in [0.2, 0.25) is 0 Å². The zero-order valence-corrected chi connectivity index (χ0v) is 15.1. The highest BCUT2D eigenvalue weighted by molar-refractivity contribution is 5.90. The summed E-state index contributed by atoms with van der Waals surface area (Å²) in [4.78, 5) is 17.3. The molecule has 2 heterocycles. The molecule has 1 aromatic rings. The van der Waals surface area contributed by atoms with Crippen LogP contribution >= 0.6 is 0 Å². The highest BCUT2D eigenvalue weighted by Crippen LogP contribution is 2.23. The molecule has 0 spiro atoms. The number of nitrogens with zero attached hydrogens (tertiary/aromatic N) is 2. The Kier molecular flexibility index (Phi) is 5.77. The molecule has 0 radical (unpaired) electrons. The summed E-state index contributed by atoms with van der Waals surface area (Å²) >= 11 is 0. The third kappa shape index (κ3) is 4.29. The van der Waals surface area contributed by atoms with E-state index < -0.39 is 0 Å². The monoisotopic (exact) mass is 329 g/mol. The lowest BCUT2D eigenvalue weighted by Crippen LogP contribution is -2.47. The Morgan fingerprint density at radius 1 is 1.17 bits per heavy atom. The van der Waals surface area contributed by atoms with E-state index in [0.717, 1.165) is 37.3 Å². The molecule has 2 atom stereocenters. The number of amides is 2. The van der Waals surface area contributed by atoms with Crippen LogP contribution in [0.25, 0.3) is 0 Å². The normalized spacial score (nSPS) is 25.5. The molecule has 0 saturated carbocycles. The Balaban J connectivity index is 1.55. The maximum absolute atomic E-state index is 12.6. The fourth-order valence-electron chi connectivity index (χ4n) is 4.07. The second kappa shape index (κ2) is 8.02. The number of benzene rings is 1. The van der Waals surface area contributed by atoms with Crippen molar-refractivity contribution in [1.82, 2.24) is 9.80 Å². The molecular weight excluding hydrogens is 298 g/mol. The molecule has 24 heavy (non-hydrogen) atoms. The average Bonchev–Trinajstić information content (AvgIpc) is 2.59. The summed E-state index contributed by atoms with van der Waals surface area (Å²) in [5.41, 5.74) is 2.04. The van der Waals surface area contributed by atoms with Gasteiger partial charge in [-0.05, 0) is 63.6 Å². The lowest BCUT2D eigenvalue weighted by molar-refractivity contribution is 0.104. The predicted octanol–water partition coefficient (Wildman–Crippen LogP) is 4.11. The Morgan fingerprint density at radius 2 is 2.00 bits per heavy atom. The van der Waals surface area contributed by atoms with Gasteiger partial charge in [-0.2, -0.15) is 0 Å². The van der Waals surface area contributed by atoms with Crippen LogP contribution in [0.5, 0.6) is 0 Å². The van der Waals surface area contributed by atoms with Gasteiger partial charge >= 0.3 is 6.03 Å². The van der Waals surface area contributed by atoms with Gasteiger partial charge in [0.2, 0.25) is 0 Å². The van der Waals surface area contributed by atoms with E-state index in [1.54, 1.807) is 0 Å². The van der Waals surface area contributed by atoms with Crippen LogP contribution in [0, 0.1) is 12.8 Å². The standard InChI is InChI=1S/C20H31N3O/c1-16-8-3-4-11-19(16)21-20(24)23-13-7-10-18(15-23)14-22-12-6-5-9-17(22)2/h3-4,8,11,17-18H,5-7,9-10,12-15H2,1-2H3,(H,21,24). The number of anilines is 1. The van der Waals surface area contributed by atoms with Gasteiger partial charge in [0.15, 0.2) is 0 Å². The van der Waals surface area contributed by atoms with Crippen molar-refractivity contribution >= 4 is 11.7 Å². The first-order valence-corrected chi connectivity index (χ1v) is 9.49. The maximum Gasteiger partial charge on any atom is 0.321 e. The lowest BCUT2D eigenvalue weighted by atomic mass is 9.95. The van der Waals surface area contributed by atoms with Gasteiger partial charge < -0.3 is 15.1 Å². The molecular formula is C20H31N3O. The second-order valence-electron chi connectivity index (χ2n) is 7.54. The number of aryl methyl sites for hydroxylation is 1. The first kappa shape index (κ1) is 17.3. The van der Waals surface area contributed by atoms with E-state index in [2.05, 4.69) is 17.1 Å². The molecule has 2 saturated heterocycles. The fraction of sp³-hybridized carbons (Fsp3) is 0.650. The van der Waals surface area contributed by atoms with Crippen molar-refractivity contribution in [2.45, 2.75) is 52.0 Å². The first-order valence-electron chi connectivity index (χ1n) is 9.49. The third-order valence-corrected chi connectivity index (χ3v) is 5.63. The second-order valence-corrected chi connectivity index (χ2v) is 7.54. The Hall–Kier alpha value is -1.55. The molecule has 4 nitrogen and oxygen atoms in total. The smallest absolute Gasteiger partial charge is 0.321 e. The summed E-state index contributed by atoms with van der Waals surface area (Å²) in [5.74, 6) is 0.613. The molecule has 2 aliphatic rings. The molecule has 0 aliphatic carbocycles. The molecule has 0 aromatic heterocycles. The molecule has 2 fully saturated rings. The molecule has 2 amide bonds. The van der Waals surface area contributed by atoms with Gasteiger partial charge in [0.1, 0.15) is 0 Å². The van der Waals surface area contributed by atoms with Crippen molar-refractivity contribution in [3.63, 3.8) is 0 Å². The van der Waals surface area contributed by atoms with Crippen molar-refractivity contribution < 1.29 is 4.79 Å². The van der Waals surface area contributed by atoms with E-state index in [4.69, 9.17) is 0 Å². The Bertz CT molecular complexity index is 560. The van der Waals surface area contributed by atoms with Crippen molar-refractivity contribution in [1.29, 1.82) is 0 Å². The van der Waals surface area contributed by atoms with Gasteiger partial charge in [0, 0.05) is 31.4 Å². The van der Waals surface area contributed by atoms with Crippen molar-refractivity contribution in [3.8, 4) is 0 Å². The minimum Gasteiger partial charge on any atom is -0.324 e. The average molecular weight is 329 g/mol. The van der Waals surface area contributed by atoms with E-state index in [1.807, 2.05) is 36.1 Å². The zero-order valence-electron chi connectivity index (χ0n) is 15.1. The first-order chi connectivity index (χ1) is 11.6. The van der Waals surface area contributed by atoms with Crippen LogP contribution in [-0.2, 0) is 0 Å². The number of carbonyl (C=O) groups excluding carboxylic acids is 1.